The summed E-state index contributed by atoms with van der Waals surface area (Å²) in [5, 5.41) is 12.9. The van der Waals surface area contributed by atoms with Crippen molar-refractivity contribution < 1.29 is 22.7 Å². The van der Waals surface area contributed by atoms with Crippen LogP contribution < -0.4 is 10.6 Å². The second-order valence-electron chi connectivity index (χ2n) is 3.71. The van der Waals surface area contributed by atoms with E-state index in [4.69, 9.17) is 5.26 Å². The van der Waals surface area contributed by atoms with Crippen LogP contribution in [-0.2, 0) is 19.4 Å². The molecule has 19 heavy (non-hydrogen) atoms. The molecule has 0 heterocycles. The summed E-state index contributed by atoms with van der Waals surface area (Å²) in [6.45, 7) is 1.77. The highest BCUT2D eigenvalue weighted by molar-refractivity contribution is 7.90. The van der Waals surface area contributed by atoms with Crippen LogP contribution in [0.15, 0.2) is 0 Å². The second kappa shape index (κ2) is 8.31. The minimum Gasteiger partial charge on any atom is -0.450 e. The van der Waals surface area contributed by atoms with Gasteiger partial charge in [0, 0.05) is 12.8 Å². The summed E-state index contributed by atoms with van der Waals surface area (Å²) < 4.78 is 27.0. The van der Waals surface area contributed by atoms with Crippen molar-refractivity contribution >= 4 is 21.8 Å². The largest absolute Gasteiger partial charge is 0.450 e. The predicted molar refractivity (Wildman–Crippen MR) is 66.9 cm³/mol. The van der Waals surface area contributed by atoms with Crippen LogP contribution in [0.3, 0.4) is 0 Å². The Morgan fingerprint density at radius 1 is 1.42 bits per heavy atom. The molecule has 0 fully saturated rings. The Balaban J connectivity index is 4.62. The van der Waals surface area contributed by atoms with E-state index in [0.717, 1.165) is 6.26 Å². The van der Waals surface area contributed by atoms with Crippen molar-refractivity contribution in [3.63, 3.8) is 0 Å². The van der Waals surface area contributed by atoms with E-state index in [1.54, 1.807) is 6.92 Å². The number of carbonyl (C=O) groups is 2. The molecule has 0 saturated heterocycles. The molecular weight excluding hydrogens is 274 g/mol. The first-order valence-electron chi connectivity index (χ1n) is 5.55. The molecule has 8 nitrogen and oxygen atoms in total. The zero-order valence-corrected chi connectivity index (χ0v) is 11.6. The molecule has 0 aromatic heterocycles. The summed E-state index contributed by atoms with van der Waals surface area (Å²) in [6.07, 6.45) is 0.179. The lowest BCUT2D eigenvalue weighted by Gasteiger charge is -2.16. The van der Waals surface area contributed by atoms with E-state index in [1.807, 2.05) is 6.07 Å². The van der Waals surface area contributed by atoms with Gasteiger partial charge in [-0.3, -0.25) is 4.79 Å². The first kappa shape index (κ1) is 17.2. The average Bonchev–Trinajstić information content (AvgIpc) is 2.26. The molecule has 1 unspecified atom stereocenters. The van der Waals surface area contributed by atoms with Gasteiger partial charge < -0.3 is 15.4 Å². The number of carbonyl (C=O) groups excluding carboxylic acids is 2. The standard InChI is InChI=1S/C10H17N3O5S/c1-3-18-10(15)13-8(7-19(2,16)17)9(14)12-6-4-5-11/h8H,3-4,6-7H2,1-2H3,(H,12,14)(H,13,15). The molecule has 0 aliphatic rings. The van der Waals surface area contributed by atoms with Crippen molar-refractivity contribution in [3.05, 3.63) is 0 Å². The lowest BCUT2D eigenvalue weighted by atomic mass is 10.3. The quantitative estimate of drug-likeness (QED) is 0.590. The fourth-order valence-corrected chi connectivity index (χ4v) is 2.01. The van der Waals surface area contributed by atoms with Gasteiger partial charge in [0.2, 0.25) is 5.91 Å². The van der Waals surface area contributed by atoms with Crippen molar-refractivity contribution in [1.29, 1.82) is 5.26 Å². The third-order valence-electron chi connectivity index (χ3n) is 1.89. The fraction of sp³-hybridized carbons (Fsp3) is 0.700. The molecule has 0 aliphatic carbocycles. The van der Waals surface area contributed by atoms with Crippen molar-refractivity contribution in [2.45, 2.75) is 19.4 Å². The van der Waals surface area contributed by atoms with Crippen molar-refractivity contribution in [2.75, 3.05) is 25.2 Å². The molecule has 0 radical (unpaired) electrons. The first-order chi connectivity index (χ1) is 8.80. The summed E-state index contributed by atoms with van der Waals surface area (Å²) in [6, 6.07) is 0.583. The Hall–Kier alpha value is -1.82. The normalized spacial score (nSPS) is 12.1. The summed E-state index contributed by atoms with van der Waals surface area (Å²) in [5.41, 5.74) is 0. The van der Waals surface area contributed by atoms with Crippen LogP contribution in [0.25, 0.3) is 0 Å². The summed E-state index contributed by atoms with van der Waals surface area (Å²) in [4.78, 5) is 22.9. The molecule has 0 aromatic rings. The number of rotatable bonds is 7. The van der Waals surface area contributed by atoms with E-state index in [1.165, 1.54) is 0 Å². The van der Waals surface area contributed by atoms with Crippen molar-refractivity contribution in [3.8, 4) is 6.07 Å². The van der Waals surface area contributed by atoms with Crippen LogP contribution in [0, 0.1) is 11.3 Å². The highest BCUT2D eigenvalue weighted by Crippen LogP contribution is 1.94. The van der Waals surface area contributed by atoms with E-state index >= 15 is 0 Å². The Kier molecular flexibility index (Phi) is 7.52. The summed E-state index contributed by atoms with van der Waals surface area (Å²) in [5.74, 6) is -1.21. The van der Waals surface area contributed by atoms with Gasteiger partial charge in [0.25, 0.3) is 0 Å². The molecule has 0 aliphatic heterocycles. The maximum Gasteiger partial charge on any atom is 0.407 e. The Bertz CT molecular complexity index is 454. The van der Waals surface area contributed by atoms with E-state index in [9.17, 15) is 18.0 Å². The molecule has 0 aromatic carbocycles. The number of amides is 2. The molecule has 2 amide bonds. The molecule has 0 spiro atoms. The zero-order valence-electron chi connectivity index (χ0n) is 10.8. The molecule has 0 saturated carbocycles. The van der Waals surface area contributed by atoms with Crippen LogP contribution in [0.5, 0.6) is 0 Å². The Morgan fingerprint density at radius 2 is 2.05 bits per heavy atom. The van der Waals surface area contributed by atoms with Crippen LogP contribution in [0.4, 0.5) is 4.79 Å². The number of alkyl carbamates (subject to hydrolysis) is 1. The molecule has 108 valence electrons. The first-order valence-corrected chi connectivity index (χ1v) is 7.62. The maximum atomic E-state index is 11.7. The monoisotopic (exact) mass is 291 g/mol. The number of ether oxygens (including phenoxy) is 1. The third kappa shape index (κ3) is 8.84. The number of hydrogen-bond acceptors (Lipinski definition) is 6. The molecular formula is C10H17N3O5S. The number of nitrogens with zero attached hydrogens (tertiary/aromatic N) is 1. The topological polar surface area (TPSA) is 125 Å². The predicted octanol–water partition coefficient (Wildman–Crippen LogP) is -0.824. The van der Waals surface area contributed by atoms with Gasteiger partial charge in [-0.05, 0) is 6.92 Å². The van der Waals surface area contributed by atoms with Crippen LogP contribution in [0.1, 0.15) is 13.3 Å². The SMILES string of the molecule is CCOC(=O)NC(CS(C)(=O)=O)C(=O)NCCC#N. The van der Waals surface area contributed by atoms with Gasteiger partial charge in [-0.15, -0.1) is 0 Å². The molecule has 2 N–H and O–H groups in total. The lowest BCUT2D eigenvalue weighted by Crippen LogP contribution is -2.50. The summed E-state index contributed by atoms with van der Waals surface area (Å²) >= 11 is 0. The van der Waals surface area contributed by atoms with E-state index in [-0.39, 0.29) is 19.6 Å². The van der Waals surface area contributed by atoms with Gasteiger partial charge in [0.05, 0.1) is 24.8 Å². The lowest BCUT2D eigenvalue weighted by molar-refractivity contribution is -0.122. The minimum absolute atomic E-state index is 0.0834. The van der Waals surface area contributed by atoms with Gasteiger partial charge in [-0.25, -0.2) is 13.2 Å². The second-order valence-corrected chi connectivity index (χ2v) is 5.89. The molecule has 1 atom stereocenters. The molecule has 0 bridgehead atoms. The Morgan fingerprint density at radius 3 is 2.53 bits per heavy atom. The molecule has 9 heteroatoms. The highest BCUT2D eigenvalue weighted by Gasteiger charge is 2.25. The van der Waals surface area contributed by atoms with Gasteiger partial charge in [0.1, 0.15) is 15.9 Å². The third-order valence-corrected chi connectivity index (χ3v) is 2.83. The smallest absolute Gasteiger partial charge is 0.407 e. The zero-order chi connectivity index (χ0) is 14.9. The van der Waals surface area contributed by atoms with Crippen LogP contribution in [-0.4, -0.2) is 51.6 Å². The summed E-state index contributed by atoms with van der Waals surface area (Å²) in [7, 11) is -3.46. The van der Waals surface area contributed by atoms with Crippen LogP contribution in [0.2, 0.25) is 0 Å². The van der Waals surface area contributed by atoms with E-state index in [2.05, 4.69) is 15.4 Å². The van der Waals surface area contributed by atoms with E-state index < -0.39 is 33.6 Å². The maximum absolute atomic E-state index is 11.7. The molecule has 0 rings (SSSR count). The van der Waals surface area contributed by atoms with Gasteiger partial charge >= 0.3 is 6.09 Å². The van der Waals surface area contributed by atoms with Crippen molar-refractivity contribution in [1.82, 2.24) is 10.6 Å². The van der Waals surface area contributed by atoms with E-state index in [0.29, 0.717) is 0 Å². The number of hydrogen-bond donors (Lipinski definition) is 2. The fourth-order valence-electron chi connectivity index (χ4n) is 1.17. The minimum atomic E-state index is -3.46. The van der Waals surface area contributed by atoms with Gasteiger partial charge in [0.15, 0.2) is 0 Å². The van der Waals surface area contributed by atoms with Crippen molar-refractivity contribution in [2.24, 2.45) is 0 Å². The van der Waals surface area contributed by atoms with Gasteiger partial charge in [-0.2, -0.15) is 5.26 Å². The average molecular weight is 291 g/mol. The number of nitrogens with one attached hydrogen (secondary N) is 2. The Labute approximate surface area is 112 Å². The number of sulfone groups is 1. The van der Waals surface area contributed by atoms with Crippen LogP contribution >= 0.6 is 0 Å². The van der Waals surface area contributed by atoms with Gasteiger partial charge in [-0.1, -0.05) is 0 Å². The number of nitriles is 1. The highest BCUT2D eigenvalue weighted by atomic mass is 32.2.